The number of nitrogens with two attached hydrogens (primary N) is 1. The van der Waals surface area contributed by atoms with Crippen molar-refractivity contribution in [3.05, 3.63) is 18.2 Å². The Morgan fingerprint density at radius 1 is 1.46 bits per heavy atom. The Balaban J connectivity index is 1.79. The van der Waals surface area contributed by atoms with E-state index in [1.54, 1.807) is 6.20 Å². The molecule has 0 bridgehead atoms. The summed E-state index contributed by atoms with van der Waals surface area (Å²) in [6.07, 6.45) is 3.46. The highest BCUT2D eigenvalue weighted by atomic mass is 32.2. The van der Waals surface area contributed by atoms with E-state index in [-0.39, 0.29) is 24.7 Å². The molecule has 152 valence electrons. The summed E-state index contributed by atoms with van der Waals surface area (Å²) >= 11 is 1.43. The van der Waals surface area contributed by atoms with Crippen molar-refractivity contribution in [2.24, 2.45) is 11.1 Å². The second-order valence-corrected chi connectivity index (χ2v) is 8.73. The van der Waals surface area contributed by atoms with Crippen LogP contribution in [0.4, 0.5) is 0 Å². The standard InChI is InChI=1S/C17H24N6O4S/c1-17(2)4-12(24)22-13(17)15(26)21-10(3-9-5-19-7-20-9)16(27)23-8-28-6-11(23)14(18)25/h5,7,10-11,13H,3-4,6,8H2,1-2H3,(H2,18,25)(H,19,20)(H,21,26)(H,22,24)/t10-,11?,13+/m0/s1. The van der Waals surface area contributed by atoms with Crippen LogP contribution < -0.4 is 16.4 Å². The molecule has 0 saturated carbocycles. The molecule has 28 heavy (non-hydrogen) atoms. The number of aromatic nitrogens is 2. The van der Waals surface area contributed by atoms with Crippen LogP contribution in [0.5, 0.6) is 0 Å². The number of H-pyrrole nitrogens is 1. The van der Waals surface area contributed by atoms with Gasteiger partial charge in [-0.15, -0.1) is 11.8 Å². The van der Waals surface area contributed by atoms with Gasteiger partial charge in [-0.3, -0.25) is 19.2 Å². The highest BCUT2D eigenvalue weighted by Gasteiger charge is 2.45. The molecular weight excluding hydrogens is 384 g/mol. The highest BCUT2D eigenvalue weighted by molar-refractivity contribution is 7.99. The number of amides is 4. The third kappa shape index (κ3) is 4.13. The molecule has 2 saturated heterocycles. The van der Waals surface area contributed by atoms with Gasteiger partial charge in [-0.2, -0.15) is 0 Å². The van der Waals surface area contributed by atoms with Crippen LogP contribution in [0, 0.1) is 5.41 Å². The zero-order valence-corrected chi connectivity index (χ0v) is 16.5. The first kappa shape index (κ1) is 20.2. The number of nitrogens with zero attached hydrogens (tertiary/aromatic N) is 2. The minimum absolute atomic E-state index is 0.179. The Bertz CT molecular complexity index is 781. The summed E-state index contributed by atoms with van der Waals surface area (Å²) < 4.78 is 0. The van der Waals surface area contributed by atoms with Crippen molar-refractivity contribution in [1.29, 1.82) is 0 Å². The molecule has 3 atom stereocenters. The first-order valence-electron chi connectivity index (χ1n) is 8.93. The van der Waals surface area contributed by atoms with Gasteiger partial charge in [0, 0.05) is 35.9 Å². The van der Waals surface area contributed by atoms with Crippen molar-refractivity contribution < 1.29 is 19.2 Å². The van der Waals surface area contributed by atoms with Gasteiger partial charge in [-0.05, 0) is 0 Å². The lowest BCUT2D eigenvalue weighted by atomic mass is 9.84. The minimum atomic E-state index is -0.915. The Hall–Kier alpha value is -2.56. The van der Waals surface area contributed by atoms with Gasteiger partial charge in [0.15, 0.2) is 0 Å². The van der Waals surface area contributed by atoms with Crippen LogP contribution in [-0.2, 0) is 25.6 Å². The number of carbonyl (C=O) groups excluding carboxylic acids is 4. The fourth-order valence-electron chi connectivity index (χ4n) is 3.51. The van der Waals surface area contributed by atoms with Gasteiger partial charge >= 0.3 is 0 Å². The fourth-order valence-corrected chi connectivity index (χ4v) is 4.69. The van der Waals surface area contributed by atoms with Crippen molar-refractivity contribution in [2.45, 2.75) is 44.8 Å². The molecule has 0 aliphatic carbocycles. The molecule has 10 nitrogen and oxygen atoms in total. The van der Waals surface area contributed by atoms with E-state index in [2.05, 4.69) is 20.6 Å². The molecule has 2 aliphatic rings. The lowest BCUT2D eigenvalue weighted by Crippen LogP contribution is -2.57. The molecule has 1 unspecified atom stereocenters. The molecule has 2 fully saturated rings. The normalized spacial score (nSPS) is 24.6. The van der Waals surface area contributed by atoms with Gasteiger partial charge in [-0.25, -0.2) is 4.98 Å². The summed E-state index contributed by atoms with van der Waals surface area (Å²) in [6, 6.07) is -2.36. The van der Waals surface area contributed by atoms with Crippen LogP contribution in [0.2, 0.25) is 0 Å². The summed E-state index contributed by atoms with van der Waals surface area (Å²) in [5, 5.41) is 5.42. The third-order valence-corrected chi connectivity index (χ3v) is 6.06. The maximum absolute atomic E-state index is 13.1. The minimum Gasteiger partial charge on any atom is -0.368 e. The molecule has 0 radical (unpaired) electrons. The number of imidazole rings is 1. The molecule has 0 aromatic carbocycles. The van der Waals surface area contributed by atoms with Crippen LogP contribution in [0.15, 0.2) is 12.5 Å². The van der Waals surface area contributed by atoms with Crippen LogP contribution in [0.25, 0.3) is 0 Å². The summed E-state index contributed by atoms with van der Waals surface area (Å²) in [5.41, 5.74) is 5.51. The van der Waals surface area contributed by atoms with Crippen molar-refractivity contribution in [2.75, 3.05) is 11.6 Å². The van der Waals surface area contributed by atoms with Gasteiger partial charge < -0.3 is 26.3 Å². The van der Waals surface area contributed by atoms with Gasteiger partial charge in [0.2, 0.25) is 23.6 Å². The summed E-state index contributed by atoms with van der Waals surface area (Å²) in [4.78, 5) is 57.7. The average molecular weight is 408 g/mol. The number of hydrogen-bond acceptors (Lipinski definition) is 6. The predicted molar refractivity (Wildman–Crippen MR) is 102 cm³/mol. The fraction of sp³-hybridized carbons (Fsp3) is 0.588. The van der Waals surface area contributed by atoms with E-state index < -0.39 is 35.4 Å². The van der Waals surface area contributed by atoms with Gasteiger partial charge in [0.05, 0.1) is 12.2 Å². The quantitative estimate of drug-likeness (QED) is 0.461. The zero-order chi connectivity index (χ0) is 20.5. The number of rotatable bonds is 6. The van der Waals surface area contributed by atoms with E-state index in [1.165, 1.54) is 23.0 Å². The van der Waals surface area contributed by atoms with Gasteiger partial charge in [-0.1, -0.05) is 13.8 Å². The van der Waals surface area contributed by atoms with Crippen molar-refractivity contribution in [1.82, 2.24) is 25.5 Å². The second kappa shape index (κ2) is 7.82. The largest absolute Gasteiger partial charge is 0.368 e. The van der Waals surface area contributed by atoms with Gasteiger partial charge in [0.25, 0.3) is 0 Å². The average Bonchev–Trinajstić information content (AvgIpc) is 3.33. The molecule has 3 rings (SSSR count). The van der Waals surface area contributed by atoms with E-state index in [0.29, 0.717) is 17.3 Å². The number of nitrogens with one attached hydrogen (secondary N) is 3. The SMILES string of the molecule is CC1(C)CC(=O)N[C@@H]1C(=O)N[C@@H](Cc1cnc[nH]1)C(=O)N1CSCC1C(N)=O. The number of aromatic amines is 1. The smallest absolute Gasteiger partial charge is 0.246 e. The maximum atomic E-state index is 13.1. The summed E-state index contributed by atoms with van der Waals surface area (Å²) in [7, 11) is 0. The molecule has 1 aromatic heterocycles. The van der Waals surface area contributed by atoms with Crippen LogP contribution >= 0.6 is 11.8 Å². The van der Waals surface area contributed by atoms with E-state index in [1.807, 2.05) is 13.8 Å². The van der Waals surface area contributed by atoms with Crippen molar-refractivity contribution >= 4 is 35.4 Å². The molecule has 5 N–H and O–H groups in total. The van der Waals surface area contributed by atoms with E-state index >= 15 is 0 Å². The van der Waals surface area contributed by atoms with E-state index in [0.717, 1.165) is 0 Å². The molecule has 11 heteroatoms. The second-order valence-electron chi connectivity index (χ2n) is 7.73. The molecule has 1 aromatic rings. The molecular formula is C17H24N6O4S. The van der Waals surface area contributed by atoms with Crippen LogP contribution in [-0.4, -0.2) is 68.3 Å². The van der Waals surface area contributed by atoms with E-state index in [4.69, 9.17) is 5.73 Å². The number of thioether (sulfide) groups is 1. The van der Waals surface area contributed by atoms with Crippen LogP contribution in [0.3, 0.4) is 0 Å². The Morgan fingerprint density at radius 2 is 2.21 bits per heavy atom. The third-order valence-electron chi connectivity index (χ3n) is 5.05. The highest BCUT2D eigenvalue weighted by Crippen LogP contribution is 2.31. The monoisotopic (exact) mass is 408 g/mol. The lowest BCUT2D eigenvalue weighted by Gasteiger charge is -2.30. The molecule has 0 spiro atoms. The molecule has 3 heterocycles. The van der Waals surface area contributed by atoms with Crippen LogP contribution in [0.1, 0.15) is 26.0 Å². The predicted octanol–water partition coefficient (Wildman–Crippen LogP) is -1.26. The first-order valence-corrected chi connectivity index (χ1v) is 10.1. The number of hydrogen-bond donors (Lipinski definition) is 4. The van der Waals surface area contributed by atoms with E-state index in [9.17, 15) is 19.2 Å². The Morgan fingerprint density at radius 3 is 2.79 bits per heavy atom. The number of carbonyl (C=O) groups is 4. The zero-order valence-electron chi connectivity index (χ0n) is 15.7. The lowest BCUT2D eigenvalue weighted by molar-refractivity contribution is -0.140. The Labute approximate surface area is 166 Å². The van der Waals surface area contributed by atoms with Crippen molar-refractivity contribution in [3.63, 3.8) is 0 Å². The molecule has 2 aliphatic heterocycles. The topological polar surface area (TPSA) is 150 Å². The van der Waals surface area contributed by atoms with Gasteiger partial charge in [0.1, 0.15) is 18.1 Å². The maximum Gasteiger partial charge on any atom is 0.246 e. The van der Waals surface area contributed by atoms with Crippen molar-refractivity contribution in [3.8, 4) is 0 Å². The number of primary amides is 1. The summed E-state index contributed by atoms with van der Waals surface area (Å²) in [5.74, 6) is -0.846. The summed E-state index contributed by atoms with van der Waals surface area (Å²) in [6.45, 7) is 3.64. The molecule has 4 amide bonds. The Kier molecular flexibility index (Phi) is 5.64. The first-order chi connectivity index (χ1) is 13.2.